The molecule has 0 unspecified atom stereocenters. The quantitative estimate of drug-likeness (QED) is 0.545. The molecule has 3 aromatic rings. The van der Waals surface area contributed by atoms with Crippen molar-refractivity contribution in [3.63, 3.8) is 0 Å². The molecule has 122 valence electrons. The molecule has 24 heavy (non-hydrogen) atoms. The Labute approximate surface area is 143 Å². The van der Waals surface area contributed by atoms with Crippen LogP contribution in [-0.2, 0) is 0 Å². The van der Waals surface area contributed by atoms with Crippen molar-refractivity contribution in [3.05, 3.63) is 71.1 Å². The Morgan fingerprint density at radius 1 is 1.25 bits per heavy atom. The number of hydrogen-bond acceptors (Lipinski definition) is 6. The number of phenolic OH excluding ortho intramolecular Hbond substituents is 1. The summed E-state index contributed by atoms with van der Waals surface area (Å²) in [7, 11) is 0. The summed E-state index contributed by atoms with van der Waals surface area (Å²) in [6, 6.07) is 9.35. The van der Waals surface area contributed by atoms with Crippen molar-refractivity contribution < 1.29 is 5.11 Å². The molecule has 0 atom stereocenters. The van der Waals surface area contributed by atoms with Crippen LogP contribution in [0.1, 0.15) is 12.5 Å². The first-order chi connectivity index (χ1) is 11.6. The molecule has 0 bridgehead atoms. The molecule has 0 radical (unpaired) electrons. The van der Waals surface area contributed by atoms with E-state index in [2.05, 4.69) is 10.3 Å². The van der Waals surface area contributed by atoms with Crippen LogP contribution in [-0.4, -0.2) is 10.1 Å². The molecule has 0 spiro atoms. The van der Waals surface area contributed by atoms with Crippen molar-refractivity contribution in [2.24, 2.45) is 11.5 Å². The van der Waals surface area contributed by atoms with E-state index in [4.69, 9.17) is 11.5 Å². The molecule has 6 heteroatoms. The molecule has 0 aliphatic carbocycles. The lowest BCUT2D eigenvalue weighted by Gasteiger charge is -2.10. The van der Waals surface area contributed by atoms with Crippen molar-refractivity contribution in [1.29, 1.82) is 0 Å². The fourth-order valence-corrected chi connectivity index (χ4v) is 3.20. The SMILES string of the molecule is CC(/C=C(\N)Nc1cccnc1)=C(/N)c1ccc2sccc2c1O. The molecule has 0 aliphatic heterocycles. The molecule has 0 saturated heterocycles. The molecule has 1 aromatic carbocycles. The van der Waals surface area contributed by atoms with Crippen molar-refractivity contribution in [3.8, 4) is 5.75 Å². The van der Waals surface area contributed by atoms with Crippen LogP contribution >= 0.6 is 11.3 Å². The highest BCUT2D eigenvalue weighted by atomic mass is 32.1. The van der Waals surface area contributed by atoms with Gasteiger partial charge in [-0.25, -0.2) is 0 Å². The zero-order valence-corrected chi connectivity index (χ0v) is 14.0. The van der Waals surface area contributed by atoms with Crippen LogP contribution in [0, 0.1) is 0 Å². The summed E-state index contributed by atoms with van der Waals surface area (Å²) in [6.45, 7) is 1.85. The van der Waals surface area contributed by atoms with Gasteiger partial charge in [-0.1, -0.05) is 0 Å². The smallest absolute Gasteiger partial charge is 0.133 e. The zero-order chi connectivity index (χ0) is 17.1. The Hall–Kier alpha value is -2.99. The maximum Gasteiger partial charge on any atom is 0.133 e. The maximum absolute atomic E-state index is 10.4. The average Bonchev–Trinajstić information content (AvgIpc) is 3.05. The number of nitrogens with one attached hydrogen (secondary N) is 1. The summed E-state index contributed by atoms with van der Waals surface area (Å²) < 4.78 is 1.02. The maximum atomic E-state index is 10.4. The second-order valence-electron chi connectivity index (χ2n) is 5.36. The molecular weight excluding hydrogens is 320 g/mol. The third-order valence-corrected chi connectivity index (χ3v) is 4.53. The highest BCUT2D eigenvalue weighted by Gasteiger charge is 2.11. The van der Waals surface area contributed by atoms with E-state index in [0.717, 1.165) is 21.3 Å². The Balaban J connectivity index is 1.91. The van der Waals surface area contributed by atoms with Gasteiger partial charge < -0.3 is 21.9 Å². The summed E-state index contributed by atoms with van der Waals surface area (Å²) in [6.07, 6.45) is 5.11. The van der Waals surface area contributed by atoms with Gasteiger partial charge >= 0.3 is 0 Å². The van der Waals surface area contributed by atoms with Gasteiger partial charge in [-0.15, -0.1) is 11.3 Å². The standard InChI is InChI=1S/C18H18N4OS/c1-11(9-16(19)22-12-3-2-7-21-10-12)17(20)14-4-5-15-13(18(14)23)6-8-24-15/h2-10,22-23H,19-20H2,1H3/b16-9+,17-11-. The molecule has 5 nitrogen and oxygen atoms in total. The Bertz CT molecular complexity index is 929. The van der Waals surface area contributed by atoms with Gasteiger partial charge in [0.1, 0.15) is 11.6 Å². The lowest BCUT2D eigenvalue weighted by Crippen LogP contribution is -2.10. The topological polar surface area (TPSA) is 97.2 Å². The summed E-state index contributed by atoms with van der Waals surface area (Å²) in [5, 5.41) is 16.2. The van der Waals surface area contributed by atoms with E-state index in [1.807, 2.05) is 42.6 Å². The van der Waals surface area contributed by atoms with Crippen molar-refractivity contribution in [2.75, 3.05) is 5.32 Å². The first-order valence-corrected chi connectivity index (χ1v) is 8.24. The van der Waals surface area contributed by atoms with Crippen LogP contribution in [0.25, 0.3) is 15.8 Å². The molecular formula is C18H18N4OS. The van der Waals surface area contributed by atoms with Crippen LogP contribution in [0.15, 0.2) is 65.6 Å². The minimum Gasteiger partial charge on any atom is -0.507 e. The normalized spacial score (nSPS) is 13.0. The molecule has 2 aromatic heterocycles. The van der Waals surface area contributed by atoms with Crippen molar-refractivity contribution in [2.45, 2.75) is 6.92 Å². The average molecular weight is 338 g/mol. The number of nitrogens with zero attached hydrogens (tertiary/aromatic N) is 1. The van der Waals surface area contributed by atoms with E-state index >= 15 is 0 Å². The molecule has 0 aliphatic rings. The number of phenols is 1. The number of allylic oxidation sites excluding steroid dienone is 2. The minimum absolute atomic E-state index is 0.192. The molecule has 0 saturated carbocycles. The van der Waals surface area contributed by atoms with Gasteiger partial charge in [0.15, 0.2) is 0 Å². The predicted octanol–water partition coefficient (Wildman–Crippen LogP) is 3.60. The molecule has 3 rings (SSSR count). The number of nitrogens with two attached hydrogens (primary N) is 2. The first kappa shape index (κ1) is 15.9. The number of aromatic nitrogens is 1. The Morgan fingerprint density at radius 3 is 2.83 bits per heavy atom. The minimum atomic E-state index is 0.192. The van der Waals surface area contributed by atoms with E-state index in [9.17, 15) is 5.11 Å². The van der Waals surface area contributed by atoms with Gasteiger partial charge in [0.25, 0.3) is 0 Å². The van der Waals surface area contributed by atoms with E-state index in [1.54, 1.807) is 29.8 Å². The van der Waals surface area contributed by atoms with Crippen molar-refractivity contribution in [1.82, 2.24) is 4.98 Å². The number of benzene rings is 1. The number of fused-ring (bicyclic) bond motifs is 1. The van der Waals surface area contributed by atoms with Gasteiger partial charge in [0.05, 0.1) is 11.9 Å². The van der Waals surface area contributed by atoms with Crippen molar-refractivity contribution >= 4 is 32.8 Å². The van der Waals surface area contributed by atoms with Gasteiger partial charge in [0.2, 0.25) is 0 Å². The molecule has 2 heterocycles. The zero-order valence-electron chi connectivity index (χ0n) is 13.2. The van der Waals surface area contributed by atoms with Gasteiger partial charge in [-0.3, -0.25) is 4.98 Å². The molecule has 0 fully saturated rings. The van der Waals surface area contributed by atoms with Gasteiger partial charge in [-0.2, -0.15) is 0 Å². The van der Waals surface area contributed by atoms with Crippen LogP contribution < -0.4 is 16.8 Å². The van der Waals surface area contributed by atoms with E-state index in [1.165, 1.54) is 0 Å². The summed E-state index contributed by atoms with van der Waals surface area (Å²) in [5.74, 6) is 0.636. The van der Waals surface area contributed by atoms with Crippen LogP contribution in [0.3, 0.4) is 0 Å². The number of anilines is 1. The lowest BCUT2D eigenvalue weighted by atomic mass is 10.0. The summed E-state index contributed by atoms with van der Waals surface area (Å²) in [4.78, 5) is 4.02. The highest BCUT2D eigenvalue weighted by molar-refractivity contribution is 7.17. The number of pyridine rings is 1. The van der Waals surface area contributed by atoms with Crippen LogP contribution in [0.4, 0.5) is 5.69 Å². The van der Waals surface area contributed by atoms with E-state index < -0.39 is 0 Å². The summed E-state index contributed by atoms with van der Waals surface area (Å²) in [5.41, 5.74) is 14.9. The van der Waals surface area contributed by atoms with E-state index in [0.29, 0.717) is 17.1 Å². The number of rotatable bonds is 4. The fraction of sp³-hybridized carbons (Fsp3) is 0.0556. The third kappa shape index (κ3) is 3.18. The number of hydrogen-bond donors (Lipinski definition) is 4. The van der Waals surface area contributed by atoms with Crippen LogP contribution in [0.5, 0.6) is 5.75 Å². The fourth-order valence-electron chi connectivity index (χ4n) is 2.41. The van der Waals surface area contributed by atoms with Gasteiger partial charge in [0, 0.05) is 27.5 Å². The number of aromatic hydroxyl groups is 1. The largest absolute Gasteiger partial charge is 0.507 e. The predicted molar refractivity (Wildman–Crippen MR) is 100 cm³/mol. The Kier molecular flexibility index (Phi) is 4.39. The molecule has 6 N–H and O–H groups in total. The Morgan fingerprint density at radius 2 is 2.08 bits per heavy atom. The third-order valence-electron chi connectivity index (χ3n) is 3.64. The lowest BCUT2D eigenvalue weighted by molar-refractivity contribution is 0.480. The second-order valence-corrected chi connectivity index (χ2v) is 6.30. The highest BCUT2D eigenvalue weighted by Crippen LogP contribution is 2.35. The van der Waals surface area contributed by atoms with Crippen LogP contribution in [0.2, 0.25) is 0 Å². The summed E-state index contributed by atoms with van der Waals surface area (Å²) >= 11 is 1.58. The first-order valence-electron chi connectivity index (χ1n) is 7.36. The van der Waals surface area contributed by atoms with Gasteiger partial charge in [-0.05, 0) is 54.3 Å². The molecule has 0 amide bonds. The second kappa shape index (κ2) is 6.64. The van der Waals surface area contributed by atoms with E-state index in [-0.39, 0.29) is 5.75 Å². The number of thiophene rings is 1. The monoisotopic (exact) mass is 338 g/mol.